The number of H-pyrrole nitrogens is 1. The molecule has 0 saturated carbocycles. The molecular weight excluding hydrogens is 192 g/mol. The van der Waals surface area contributed by atoms with Gasteiger partial charge in [0.05, 0.1) is 17.9 Å². The van der Waals surface area contributed by atoms with Crippen LogP contribution in [0.3, 0.4) is 0 Å². The van der Waals surface area contributed by atoms with Crippen LogP contribution in [0, 0.1) is 5.92 Å². The molecule has 3 N–H and O–H groups in total. The van der Waals surface area contributed by atoms with Crippen molar-refractivity contribution in [3.63, 3.8) is 0 Å². The largest absolute Gasteiger partial charge is 0.322 e. The van der Waals surface area contributed by atoms with Crippen LogP contribution in [0.25, 0.3) is 0 Å². The number of likely N-dealkylation sites (N-methyl/N-ethyl adjacent to an activating group) is 1. The number of anilines is 1. The number of nitrogens with zero attached hydrogens (tertiary/aromatic N) is 1. The minimum absolute atomic E-state index is 0.0207. The Morgan fingerprint density at radius 3 is 2.80 bits per heavy atom. The van der Waals surface area contributed by atoms with Crippen molar-refractivity contribution in [2.24, 2.45) is 5.92 Å². The van der Waals surface area contributed by atoms with Crippen LogP contribution in [0.2, 0.25) is 0 Å². The quantitative estimate of drug-likeness (QED) is 0.678. The summed E-state index contributed by atoms with van der Waals surface area (Å²) in [6.07, 6.45) is 4.06. The molecule has 5 nitrogen and oxygen atoms in total. The molecule has 1 amide bonds. The first kappa shape index (κ1) is 11.7. The highest BCUT2D eigenvalue weighted by Crippen LogP contribution is 2.08. The number of aromatic amines is 1. The van der Waals surface area contributed by atoms with Gasteiger partial charge in [0.2, 0.25) is 5.91 Å². The lowest BCUT2D eigenvalue weighted by Crippen LogP contribution is -2.39. The summed E-state index contributed by atoms with van der Waals surface area (Å²) in [6.45, 7) is 4.19. The summed E-state index contributed by atoms with van der Waals surface area (Å²) in [5.74, 6) is 0.463. The second-order valence-electron chi connectivity index (χ2n) is 3.95. The molecule has 0 spiro atoms. The SMILES string of the molecule is CNC(CC(C)C)C(=O)Nc1cn[nH]c1. The summed E-state index contributed by atoms with van der Waals surface area (Å²) in [6, 6.07) is -0.153. The Hall–Kier alpha value is -1.36. The average molecular weight is 210 g/mol. The normalized spacial score (nSPS) is 12.8. The average Bonchev–Trinajstić information content (AvgIpc) is 2.66. The number of nitrogens with one attached hydrogen (secondary N) is 3. The smallest absolute Gasteiger partial charge is 0.241 e. The molecule has 0 aromatic carbocycles. The summed E-state index contributed by atoms with van der Waals surface area (Å²) >= 11 is 0. The van der Waals surface area contributed by atoms with E-state index in [0.29, 0.717) is 11.6 Å². The molecule has 0 aliphatic heterocycles. The molecule has 1 rings (SSSR count). The number of rotatable bonds is 5. The molecule has 0 aliphatic carbocycles. The number of hydrogen-bond donors (Lipinski definition) is 3. The van der Waals surface area contributed by atoms with Crippen molar-refractivity contribution < 1.29 is 4.79 Å². The lowest BCUT2D eigenvalue weighted by Gasteiger charge is -2.17. The molecular formula is C10H18N4O. The van der Waals surface area contributed by atoms with Gasteiger partial charge in [-0.3, -0.25) is 9.89 Å². The zero-order chi connectivity index (χ0) is 11.3. The molecule has 1 atom stereocenters. The Bertz CT molecular complexity index is 294. The van der Waals surface area contributed by atoms with Crippen molar-refractivity contribution in [3.8, 4) is 0 Å². The third-order valence-corrected chi connectivity index (χ3v) is 2.14. The van der Waals surface area contributed by atoms with E-state index in [1.54, 1.807) is 19.4 Å². The zero-order valence-corrected chi connectivity index (χ0v) is 9.37. The van der Waals surface area contributed by atoms with E-state index in [1.165, 1.54) is 0 Å². The second kappa shape index (κ2) is 5.50. The van der Waals surface area contributed by atoms with Crippen molar-refractivity contribution in [2.45, 2.75) is 26.3 Å². The minimum Gasteiger partial charge on any atom is -0.322 e. The molecule has 15 heavy (non-hydrogen) atoms. The number of aromatic nitrogens is 2. The van der Waals surface area contributed by atoms with E-state index < -0.39 is 0 Å². The lowest BCUT2D eigenvalue weighted by molar-refractivity contribution is -0.118. The number of amides is 1. The van der Waals surface area contributed by atoms with E-state index in [9.17, 15) is 4.79 Å². The van der Waals surface area contributed by atoms with Crippen LogP contribution in [-0.2, 0) is 4.79 Å². The van der Waals surface area contributed by atoms with Gasteiger partial charge in [0.15, 0.2) is 0 Å². The lowest BCUT2D eigenvalue weighted by atomic mass is 10.0. The molecule has 84 valence electrons. The molecule has 1 aromatic rings. The van der Waals surface area contributed by atoms with Gasteiger partial charge in [-0.15, -0.1) is 0 Å². The van der Waals surface area contributed by atoms with Gasteiger partial charge < -0.3 is 10.6 Å². The van der Waals surface area contributed by atoms with Gasteiger partial charge in [-0.25, -0.2) is 0 Å². The molecule has 0 fully saturated rings. The molecule has 1 heterocycles. The number of carbonyl (C=O) groups excluding carboxylic acids is 1. The molecule has 0 aliphatic rings. The van der Waals surface area contributed by atoms with E-state index in [-0.39, 0.29) is 11.9 Å². The molecule has 0 bridgehead atoms. The Morgan fingerprint density at radius 2 is 2.33 bits per heavy atom. The Labute approximate surface area is 89.6 Å². The third kappa shape index (κ3) is 3.71. The summed E-state index contributed by atoms with van der Waals surface area (Å²) in [5.41, 5.74) is 0.698. The van der Waals surface area contributed by atoms with Crippen LogP contribution < -0.4 is 10.6 Å². The van der Waals surface area contributed by atoms with Gasteiger partial charge >= 0.3 is 0 Å². The van der Waals surface area contributed by atoms with Crippen molar-refractivity contribution in [3.05, 3.63) is 12.4 Å². The van der Waals surface area contributed by atoms with Crippen molar-refractivity contribution in [2.75, 3.05) is 12.4 Å². The maximum Gasteiger partial charge on any atom is 0.241 e. The predicted molar refractivity (Wildman–Crippen MR) is 59.5 cm³/mol. The highest BCUT2D eigenvalue weighted by atomic mass is 16.2. The predicted octanol–water partition coefficient (Wildman–Crippen LogP) is 0.982. The van der Waals surface area contributed by atoms with E-state index in [4.69, 9.17) is 0 Å². The highest BCUT2D eigenvalue weighted by molar-refractivity contribution is 5.94. The number of carbonyl (C=O) groups is 1. The fourth-order valence-electron chi connectivity index (χ4n) is 1.38. The minimum atomic E-state index is -0.153. The maximum atomic E-state index is 11.8. The van der Waals surface area contributed by atoms with Crippen molar-refractivity contribution in [1.82, 2.24) is 15.5 Å². The number of hydrogen-bond acceptors (Lipinski definition) is 3. The summed E-state index contributed by atoms with van der Waals surface area (Å²) in [4.78, 5) is 11.8. The first-order valence-corrected chi connectivity index (χ1v) is 5.10. The van der Waals surface area contributed by atoms with Crippen LogP contribution >= 0.6 is 0 Å². The summed E-state index contributed by atoms with van der Waals surface area (Å²) < 4.78 is 0. The molecule has 1 unspecified atom stereocenters. The Kier molecular flexibility index (Phi) is 4.30. The van der Waals surface area contributed by atoms with Gasteiger partial charge in [0.1, 0.15) is 0 Å². The monoisotopic (exact) mass is 210 g/mol. The highest BCUT2D eigenvalue weighted by Gasteiger charge is 2.17. The maximum absolute atomic E-state index is 11.8. The van der Waals surface area contributed by atoms with E-state index in [0.717, 1.165) is 6.42 Å². The van der Waals surface area contributed by atoms with Crippen LogP contribution in [-0.4, -0.2) is 29.2 Å². The zero-order valence-electron chi connectivity index (χ0n) is 9.37. The van der Waals surface area contributed by atoms with Crippen LogP contribution in [0.5, 0.6) is 0 Å². The van der Waals surface area contributed by atoms with Crippen molar-refractivity contribution >= 4 is 11.6 Å². The van der Waals surface area contributed by atoms with Crippen molar-refractivity contribution in [1.29, 1.82) is 0 Å². The second-order valence-corrected chi connectivity index (χ2v) is 3.95. The van der Waals surface area contributed by atoms with Gasteiger partial charge in [-0.05, 0) is 19.4 Å². The summed E-state index contributed by atoms with van der Waals surface area (Å²) in [7, 11) is 1.79. The summed E-state index contributed by atoms with van der Waals surface area (Å²) in [5, 5.41) is 12.2. The molecule has 5 heteroatoms. The Morgan fingerprint density at radius 1 is 1.60 bits per heavy atom. The van der Waals surface area contributed by atoms with Crippen LogP contribution in [0.15, 0.2) is 12.4 Å². The first-order valence-electron chi connectivity index (χ1n) is 5.10. The fourth-order valence-corrected chi connectivity index (χ4v) is 1.38. The molecule has 0 saturated heterocycles. The molecule has 1 aromatic heterocycles. The standard InChI is InChI=1S/C10H18N4O/c1-7(2)4-9(11-3)10(15)14-8-5-12-13-6-8/h5-7,9,11H,4H2,1-3H3,(H,12,13)(H,14,15). The van der Waals surface area contributed by atoms with Gasteiger partial charge in [0, 0.05) is 6.20 Å². The third-order valence-electron chi connectivity index (χ3n) is 2.14. The topological polar surface area (TPSA) is 69.8 Å². The van der Waals surface area contributed by atoms with E-state index >= 15 is 0 Å². The van der Waals surface area contributed by atoms with E-state index in [2.05, 4.69) is 34.7 Å². The van der Waals surface area contributed by atoms with Gasteiger partial charge in [-0.1, -0.05) is 13.8 Å². The van der Waals surface area contributed by atoms with Crippen LogP contribution in [0.4, 0.5) is 5.69 Å². The van der Waals surface area contributed by atoms with Gasteiger partial charge in [-0.2, -0.15) is 5.10 Å². The first-order chi connectivity index (χ1) is 7.13. The van der Waals surface area contributed by atoms with Crippen LogP contribution in [0.1, 0.15) is 20.3 Å². The van der Waals surface area contributed by atoms with E-state index in [1.807, 2.05) is 0 Å². The molecule has 0 radical (unpaired) electrons. The van der Waals surface area contributed by atoms with Gasteiger partial charge in [0.25, 0.3) is 0 Å². The Balaban J connectivity index is 2.50. The fraction of sp³-hybridized carbons (Fsp3) is 0.600.